The predicted octanol–water partition coefficient (Wildman–Crippen LogP) is 4.38. The van der Waals surface area contributed by atoms with Crippen LogP contribution in [0.1, 0.15) is 67.8 Å². The van der Waals surface area contributed by atoms with E-state index in [-0.39, 0.29) is 11.6 Å². The molecule has 1 aromatic carbocycles. The van der Waals surface area contributed by atoms with E-state index < -0.39 is 4.92 Å². The maximum absolute atomic E-state index is 12.0. The molecular formula is C17H26N2O3. The second kappa shape index (κ2) is 9.92. The number of carbonyl (C=O) groups excluding carboxylic acids is 1. The summed E-state index contributed by atoms with van der Waals surface area (Å²) in [6, 6.07) is 4.46. The average molecular weight is 306 g/mol. The number of nitrogens with one attached hydrogen (secondary N) is 1. The smallest absolute Gasteiger partial charge is 0.272 e. The van der Waals surface area contributed by atoms with Crippen molar-refractivity contribution in [3.05, 3.63) is 39.4 Å². The summed E-state index contributed by atoms with van der Waals surface area (Å²) in [5, 5.41) is 13.6. The van der Waals surface area contributed by atoms with E-state index >= 15 is 0 Å². The van der Waals surface area contributed by atoms with Crippen LogP contribution in [0, 0.1) is 17.0 Å². The quantitative estimate of drug-likeness (QED) is 0.396. The molecule has 0 unspecified atom stereocenters. The number of amides is 1. The van der Waals surface area contributed by atoms with E-state index in [0.717, 1.165) is 12.8 Å². The number of nitrogens with zero attached hydrogens (tertiary/aromatic N) is 1. The highest BCUT2D eigenvalue weighted by Gasteiger charge is 2.13. The number of carbonyl (C=O) groups is 1. The number of benzene rings is 1. The molecule has 0 bridgehead atoms. The van der Waals surface area contributed by atoms with Crippen LogP contribution in [0.2, 0.25) is 0 Å². The number of hydrogen-bond donors (Lipinski definition) is 1. The minimum atomic E-state index is -0.435. The topological polar surface area (TPSA) is 72.2 Å². The highest BCUT2D eigenvalue weighted by Crippen LogP contribution is 2.18. The zero-order valence-corrected chi connectivity index (χ0v) is 13.6. The van der Waals surface area contributed by atoms with Gasteiger partial charge in [-0.15, -0.1) is 0 Å². The molecule has 0 spiro atoms. The highest BCUT2D eigenvalue weighted by atomic mass is 16.6. The van der Waals surface area contributed by atoms with Crippen LogP contribution < -0.4 is 5.32 Å². The lowest BCUT2D eigenvalue weighted by Crippen LogP contribution is -2.24. The minimum Gasteiger partial charge on any atom is -0.352 e. The van der Waals surface area contributed by atoms with Gasteiger partial charge in [-0.2, -0.15) is 0 Å². The van der Waals surface area contributed by atoms with Gasteiger partial charge < -0.3 is 5.32 Å². The van der Waals surface area contributed by atoms with Crippen molar-refractivity contribution < 1.29 is 9.72 Å². The summed E-state index contributed by atoms with van der Waals surface area (Å²) >= 11 is 0. The van der Waals surface area contributed by atoms with E-state index in [2.05, 4.69) is 12.2 Å². The molecule has 1 N–H and O–H groups in total. The lowest BCUT2D eigenvalue weighted by atomic mass is 10.1. The number of hydrogen-bond acceptors (Lipinski definition) is 3. The van der Waals surface area contributed by atoms with Gasteiger partial charge in [-0.05, 0) is 25.5 Å². The fourth-order valence-electron chi connectivity index (χ4n) is 2.39. The molecule has 0 aromatic heterocycles. The second-order valence-corrected chi connectivity index (χ2v) is 5.64. The molecule has 22 heavy (non-hydrogen) atoms. The van der Waals surface area contributed by atoms with E-state index in [1.807, 2.05) is 0 Å². The van der Waals surface area contributed by atoms with E-state index in [4.69, 9.17) is 0 Å². The van der Waals surface area contributed by atoms with Gasteiger partial charge in [0.2, 0.25) is 0 Å². The molecule has 5 nitrogen and oxygen atoms in total. The summed E-state index contributed by atoms with van der Waals surface area (Å²) < 4.78 is 0. The largest absolute Gasteiger partial charge is 0.352 e. The second-order valence-electron chi connectivity index (χ2n) is 5.64. The van der Waals surface area contributed by atoms with Crippen LogP contribution in [-0.2, 0) is 0 Å². The van der Waals surface area contributed by atoms with E-state index in [1.165, 1.54) is 44.2 Å². The van der Waals surface area contributed by atoms with Crippen molar-refractivity contribution in [1.29, 1.82) is 0 Å². The average Bonchev–Trinajstić information content (AvgIpc) is 2.49. The molecule has 0 radical (unpaired) electrons. The maximum Gasteiger partial charge on any atom is 0.272 e. The van der Waals surface area contributed by atoms with Crippen LogP contribution in [0.25, 0.3) is 0 Å². The van der Waals surface area contributed by atoms with Crippen LogP contribution in [-0.4, -0.2) is 17.4 Å². The first-order valence-electron chi connectivity index (χ1n) is 8.09. The first kappa shape index (κ1) is 18.1. The van der Waals surface area contributed by atoms with Gasteiger partial charge in [0.05, 0.1) is 4.92 Å². The Bertz CT molecular complexity index is 501. The number of nitro groups is 1. The number of nitro benzene ring substituents is 1. The summed E-state index contributed by atoms with van der Waals surface area (Å²) in [5.41, 5.74) is 1.03. The van der Waals surface area contributed by atoms with Crippen molar-refractivity contribution in [1.82, 2.24) is 5.32 Å². The predicted molar refractivity (Wildman–Crippen MR) is 88.2 cm³/mol. The summed E-state index contributed by atoms with van der Waals surface area (Å²) in [4.78, 5) is 22.3. The Labute approximate surface area is 132 Å². The third-order valence-corrected chi connectivity index (χ3v) is 3.72. The maximum atomic E-state index is 12.0. The molecule has 0 atom stereocenters. The van der Waals surface area contributed by atoms with Crippen molar-refractivity contribution >= 4 is 11.6 Å². The molecule has 0 fully saturated rings. The van der Waals surface area contributed by atoms with Gasteiger partial charge in [0.25, 0.3) is 11.6 Å². The molecule has 1 rings (SSSR count). The molecular weight excluding hydrogens is 280 g/mol. The fraction of sp³-hybridized carbons (Fsp3) is 0.588. The van der Waals surface area contributed by atoms with Gasteiger partial charge in [-0.1, -0.05) is 45.4 Å². The zero-order chi connectivity index (χ0) is 16.4. The van der Waals surface area contributed by atoms with Gasteiger partial charge in [0.1, 0.15) is 0 Å². The Balaban J connectivity index is 2.28. The minimum absolute atomic E-state index is 0.0450. The molecule has 0 heterocycles. The third-order valence-electron chi connectivity index (χ3n) is 3.72. The van der Waals surface area contributed by atoms with E-state index in [9.17, 15) is 14.9 Å². The molecule has 1 amide bonds. The fourth-order valence-corrected chi connectivity index (χ4v) is 2.39. The number of aryl methyl sites for hydroxylation is 1. The Morgan fingerprint density at radius 2 is 1.77 bits per heavy atom. The number of unbranched alkanes of at least 4 members (excludes halogenated alkanes) is 6. The molecule has 0 aliphatic heterocycles. The van der Waals surface area contributed by atoms with Crippen LogP contribution in [0.5, 0.6) is 0 Å². The molecule has 0 saturated heterocycles. The van der Waals surface area contributed by atoms with Crippen LogP contribution in [0.3, 0.4) is 0 Å². The zero-order valence-electron chi connectivity index (χ0n) is 13.6. The van der Waals surface area contributed by atoms with Crippen LogP contribution >= 0.6 is 0 Å². The Morgan fingerprint density at radius 1 is 1.14 bits per heavy atom. The van der Waals surface area contributed by atoms with Crippen molar-refractivity contribution in [2.45, 2.75) is 58.8 Å². The van der Waals surface area contributed by atoms with Gasteiger partial charge in [0.15, 0.2) is 0 Å². The Hall–Kier alpha value is -1.91. The van der Waals surface area contributed by atoms with Crippen LogP contribution in [0.15, 0.2) is 18.2 Å². The first-order valence-corrected chi connectivity index (χ1v) is 8.09. The molecule has 5 heteroatoms. The summed E-state index contributed by atoms with van der Waals surface area (Å²) in [5.74, 6) is -0.163. The first-order chi connectivity index (χ1) is 10.6. The number of rotatable bonds is 10. The highest BCUT2D eigenvalue weighted by molar-refractivity contribution is 5.94. The molecule has 0 aliphatic rings. The SMILES string of the molecule is CCCCCCCCCNC(=O)c1ccc([N+](=O)[O-])c(C)c1. The van der Waals surface area contributed by atoms with Crippen molar-refractivity contribution in [2.24, 2.45) is 0 Å². The molecule has 122 valence electrons. The summed E-state index contributed by atoms with van der Waals surface area (Å²) in [7, 11) is 0. The van der Waals surface area contributed by atoms with Crippen molar-refractivity contribution in [2.75, 3.05) is 6.54 Å². The molecule has 1 aromatic rings. The monoisotopic (exact) mass is 306 g/mol. The van der Waals surface area contributed by atoms with Gasteiger partial charge in [-0.3, -0.25) is 14.9 Å². The lowest BCUT2D eigenvalue weighted by molar-refractivity contribution is -0.385. The molecule has 0 saturated carbocycles. The lowest BCUT2D eigenvalue weighted by Gasteiger charge is -2.06. The van der Waals surface area contributed by atoms with E-state index in [0.29, 0.717) is 17.7 Å². The summed E-state index contributed by atoms with van der Waals surface area (Å²) in [6.45, 7) is 4.50. The molecule has 0 aliphatic carbocycles. The van der Waals surface area contributed by atoms with Crippen LogP contribution in [0.4, 0.5) is 5.69 Å². The third kappa shape index (κ3) is 6.24. The normalized spacial score (nSPS) is 10.5. The Morgan fingerprint density at radius 3 is 2.36 bits per heavy atom. The standard InChI is InChI=1S/C17H26N2O3/c1-3-4-5-6-7-8-9-12-18-17(20)15-10-11-16(19(21)22)14(2)13-15/h10-11,13H,3-9,12H2,1-2H3,(H,18,20). The van der Waals surface area contributed by atoms with Gasteiger partial charge >= 0.3 is 0 Å². The van der Waals surface area contributed by atoms with E-state index in [1.54, 1.807) is 13.0 Å². The summed E-state index contributed by atoms with van der Waals surface area (Å²) in [6.07, 6.45) is 8.44. The van der Waals surface area contributed by atoms with Gasteiger partial charge in [-0.25, -0.2) is 0 Å². The van der Waals surface area contributed by atoms with Crippen molar-refractivity contribution in [3.8, 4) is 0 Å². The Kier molecular flexibility index (Phi) is 8.18. The van der Waals surface area contributed by atoms with Gasteiger partial charge in [0, 0.05) is 23.7 Å². The van der Waals surface area contributed by atoms with Crippen molar-refractivity contribution in [3.63, 3.8) is 0 Å².